The minimum absolute atomic E-state index is 0.0175. The van der Waals surface area contributed by atoms with Gasteiger partial charge in [0.15, 0.2) is 5.65 Å². The van der Waals surface area contributed by atoms with Crippen molar-refractivity contribution in [2.24, 2.45) is 0 Å². The minimum Gasteiger partial charge on any atom is -0.467 e. The number of carbonyl (C=O) groups is 1. The number of nitrogens with zero attached hydrogens (tertiary/aromatic N) is 1. The second-order valence-corrected chi connectivity index (χ2v) is 14.1. The topological polar surface area (TPSA) is 67.0 Å². The van der Waals surface area contributed by atoms with E-state index in [1.165, 1.54) is 61.2 Å². The zero-order valence-corrected chi connectivity index (χ0v) is 16.3. The van der Waals surface area contributed by atoms with Crippen molar-refractivity contribution in [3.8, 4) is 5.19 Å². The number of amides is 1. The number of carbonyl (C=O) groups excluding carboxylic acids is 1. The van der Waals surface area contributed by atoms with Crippen molar-refractivity contribution in [2.45, 2.75) is 74.8 Å². The number of fused-ring (bicyclic) bond motifs is 1. The van der Waals surface area contributed by atoms with Crippen LogP contribution in [0.5, 0.6) is 5.19 Å². The summed E-state index contributed by atoms with van der Waals surface area (Å²) in [6.45, 7) is 0. The Morgan fingerprint density at radius 1 is 1.20 bits per heavy atom. The van der Waals surface area contributed by atoms with Crippen LogP contribution in [0.15, 0.2) is 6.07 Å². The van der Waals surface area contributed by atoms with Crippen molar-refractivity contribution in [2.75, 3.05) is 0 Å². The van der Waals surface area contributed by atoms with Crippen LogP contribution in [-0.2, 0) is 0 Å². The lowest BCUT2D eigenvalue weighted by molar-refractivity contribution is 0.0929. The molecule has 2 aliphatic heterocycles. The fourth-order valence-corrected chi connectivity index (χ4v) is 10.9. The van der Waals surface area contributed by atoms with E-state index in [-0.39, 0.29) is 5.91 Å². The maximum atomic E-state index is 12.6. The van der Waals surface area contributed by atoms with E-state index in [0.717, 1.165) is 28.4 Å². The molecule has 0 atom stereocenters. The average molecular weight is 376 g/mol. The van der Waals surface area contributed by atoms with Gasteiger partial charge in [0.2, 0.25) is 0 Å². The highest BCUT2D eigenvalue weighted by Crippen LogP contribution is 2.42. The SMILES string of the molecule is O=C(NC1CC[Si]2(CCCC2)CC1)c1cc2sc(OC3CC3)nc2[nH]1. The zero-order valence-electron chi connectivity index (χ0n) is 14.5. The lowest BCUT2D eigenvalue weighted by Gasteiger charge is -2.35. The van der Waals surface area contributed by atoms with Crippen LogP contribution in [-0.4, -0.2) is 36.1 Å². The van der Waals surface area contributed by atoms with Crippen molar-refractivity contribution in [1.29, 1.82) is 0 Å². The van der Waals surface area contributed by atoms with Crippen LogP contribution in [0.3, 0.4) is 0 Å². The molecule has 2 saturated heterocycles. The molecule has 3 aliphatic rings. The molecule has 25 heavy (non-hydrogen) atoms. The van der Waals surface area contributed by atoms with Gasteiger partial charge in [-0.1, -0.05) is 48.4 Å². The predicted molar refractivity (Wildman–Crippen MR) is 102 cm³/mol. The van der Waals surface area contributed by atoms with Gasteiger partial charge < -0.3 is 15.0 Å². The molecule has 2 aromatic heterocycles. The maximum absolute atomic E-state index is 12.6. The molecule has 0 radical (unpaired) electrons. The van der Waals surface area contributed by atoms with E-state index < -0.39 is 8.07 Å². The van der Waals surface area contributed by atoms with Gasteiger partial charge in [0.05, 0.1) is 12.8 Å². The molecule has 1 aliphatic carbocycles. The van der Waals surface area contributed by atoms with Gasteiger partial charge in [-0.25, -0.2) is 0 Å². The summed E-state index contributed by atoms with van der Waals surface area (Å²) in [5, 5.41) is 3.96. The van der Waals surface area contributed by atoms with Crippen molar-refractivity contribution in [3.05, 3.63) is 11.8 Å². The summed E-state index contributed by atoms with van der Waals surface area (Å²) in [5.41, 5.74) is 1.40. The first-order valence-corrected chi connectivity index (χ1v) is 13.3. The molecular weight excluding hydrogens is 350 g/mol. The second-order valence-electron chi connectivity index (χ2n) is 8.15. The number of thiazole rings is 1. The van der Waals surface area contributed by atoms with Crippen LogP contribution in [0, 0.1) is 0 Å². The van der Waals surface area contributed by atoms with Gasteiger partial charge in [-0.05, 0) is 31.7 Å². The van der Waals surface area contributed by atoms with Crippen LogP contribution < -0.4 is 10.1 Å². The Labute approximate surface area is 152 Å². The van der Waals surface area contributed by atoms with Crippen molar-refractivity contribution >= 4 is 35.7 Å². The number of aromatic nitrogens is 2. The van der Waals surface area contributed by atoms with E-state index in [9.17, 15) is 4.79 Å². The molecule has 3 fully saturated rings. The molecule has 0 unspecified atom stereocenters. The highest BCUT2D eigenvalue weighted by molar-refractivity contribution is 7.20. The Morgan fingerprint density at radius 3 is 2.64 bits per heavy atom. The first-order chi connectivity index (χ1) is 12.2. The number of nitrogens with one attached hydrogen (secondary N) is 2. The van der Waals surface area contributed by atoms with Gasteiger partial charge in [-0.3, -0.25) is 4.79 Å². The van der Waals surface area contributed by atoms with E-state index in [1.807, 2.05) is 6.07 Å². The molecule has 4 heterocycles. The van der Waals surface area contributed by atoms with Crippen molar-refractivity contribution in [3.63, 3.8) is 0 Å². The van der Waals surface area contributed by atoms with Gasteiger partial charge in [0, 0.05) is 6.04 Å². The summed E-state index contributed by atoms with van der Waals surface area (Å²) in [6, 6.07) is 8.18. The smallest absolute Gasteiger partial charge is 0.276 e. The largest absolute Gasteiger partial charge is 0.467 e. The lowest BCUT2D eigenvalue weighted by Crippen LogP contribution is -2.43. The molecule has 1 saturated carbocycles. The molecule has 2 aromatic rings. The molecule has 5 rings (SSSR count). The normalized spacial score (nSPS) is 23.4. The Balaban J connectivity index is 1.20. The summed E-state index contributed by atoms with van der Waals surface area (Å²) in [7, 11) is -0.903. The Morgan fingerprint density at radius 2 is 1.96 bits per heavy atom. The molecule has 1 amide bonds. The number of rotatable bonds is 4. The van der Waals surface area contributed by atoms with Crippen LogP contribution in [0.1, 0.15) is 49.0 Å². The van der Waals surface area contributed by atoms with Gasteiger partial charge in [0.1, 0.15) is 11.8 Å². The summed E-state index contributed by atoms with van der Waals surface area (Å²) in [4.78, 5) is 20.2. The minimum atomic E-state index is -0.903. The molecule has 0 aromatic carbocycles. The number of aromatic amines is 1. The summed E-state index contributed by atoms with van der Waals surface area (Å²) in [5.74, 6) is 0.0175. The van der Waals surface area contributed by atoms with Gasteiger partial charge in [0.25, 0.3) is 11.1 Å². The summed E-state index contributed by atoms with van der Waals surface area (Å²) < 4.78 is 6.73. The number of H-pyrrole nitrogens is 1. The lowest BCUT2D eigenvalue weighted by atomic mass is 10.1. The molecule has 0 bridgehead atoms. The fourth-order valence-electron chi connectivity index (χ4n) is 4.56. The number of hydrogen-bond donors (Lipinski definition) is 2. The molecule has 1 spiro atoms. The molecule has 134 valence electrons. The van der Waals surface area contributed by atoms with Gasteiger partial charge in [-0.2, -0.15) is 4.98 Å². The molecular formula is C18H25N3O2SSi. The van der Waals surface area contributed by atoms with Crippen LogP contribution in [0.2, 0.25) is 24.2 Å². The third kappa shape index (κ3) is 3.24. The average Bonchev–Trinajstić information content (AvgIpc) is 2.99. The van der Waals surface area contributed by atoms with Crippen LogP contribution in [0.25, 0.3) is 10.3 Å². The van der Waals surface area contributed by atoms with E-state index in [4.69, 9.17) is 4.74 Å². The fraction of sp³-hybridized carbons (Fsp3) is 0.667. The number of hydrogen-bond acceptors (Lipinski definition) is 4. The zero-order chi connectivity index (χ0) is 16.9. The first-order valence-electron chi connectivity index (χ1n) is 9.66. The van der Waals surface area contributed by atoms with Crippen LogP contribution in [0.4, 0.5) is 0 Å². The highest BCUT2D eigenvalue weighted by atomic mass is 32.1. The van der Waals surface area contributed by atoms with Crippen LogP contribution >= 0.6 is 11.3 Å². The third-order valence-electron chi connectivity index (χ3n) is 6.24. The first kappa shape index (κ1) is 15.9. The Bertz CT molecular complexity index is 750. The Kier molecular flexibility index (Phi) is 3.89. The third-order valence-corrected chi connectivity index (χ3v) is 12.7. The van der Waals surface area contributed by atoms with Crippen molar-refractivity contribution < 1.29 is 9.53 Å². The van der Waals surface area contributed by atoms with Crippen molar-refractivity contribution in [1.82, 2.24) is 15.3 Å². The maximum Gasteiger partial charge on any atom is 0.276 e. The van der Waals surface area contributed by atoms with E-state index in [0.29, 0.717) is 17.8 Å². The second kappa shape index (κ2) is 6.12. The van der Waals surface area contributed by atoms with E-state index >= 15 is 0 Å². The summed E-state index contributed by atoms with van der Waals surface area (Å²) in [6.07, 6.45) is 7.91. The standard InChI is InChI=1S/C18H25N3O2SSi/c22-17(19-12-5-9-25(10-6-12)7-1-2-8-25)14-11-15-16(20-14)21-18(24-15)23-13-3-4-13/h11-13,20H,1-10H2,(H,19,22). The van der Waals surface area contributed by atoms with Gasteiger partial charge in [-0.15, -0.1) is 0 Å². The quantitative estimate of drug-likeness (QED) is 0.783. The Hall–Kier alpha value is -1.34. The highest BCUT2D eigenvalue weighted by Gasteiger charge is 2.39. The predicted octanol–water partition coefficient (Wildman–Crippen LogP) is 4.30. The molecule has 2 N–H and O–H groups in total. The summed E-state index contributed by atoms with van der Waals surface area (Å²) >= 11 is 1.52. The molecule has 7 heteroatoms. The number of ether oxygens (including phenoxy) is 1. The monoisotopic (exact) mass is 375 g/mol. The molecule has 5 nitrogen and oxygen atoms in total. The van der Waals surface area contributed by atoms with E-state index in [1.54, 1.807) is 0 Å². The van der Waals surface area contributed by atoms with E-state index in [2.05, 4.69) is 15.3 Å². The van der Waals surface area contributed by atoms with Gasteiger partial charge >= 0.3 is 0 Å².